The maximum Gasteiger partial charge on any atom is 0.219 e. The van der Waals surface area contributed by atoms with E-state index < -0.39 is 0 Å². The Kier molecular flexibility index (Phi) is 4.78. The summed E-state index contributed by atoms with van der Waals surface area (Å²) in [6, 6.07) is 5.53. The van der Waals surface area contributed by atoms with Gasteiger partial charge in [0.15, 0.2) is 0 Å². The molecule has 5 nitrogen and oxygen atoms in total. The zero-order valence-corrected chi connectivity index (χ0v) is 11.3. The van der Waals surface area contributed by atoms with Crippen LogP contribution in [0.1, 0.15) is 31.9 Å². The van der Waals surface area contributed by atoms with Gasteiger partial charge < -0.3 is 14.5 Å². The zero-order chi connectivity index (χ0) is 13.5. The standard InChI is InChI=1S/C14H19N3O2/c1-3-7-15-13-9-14(17-12(4-2)16-13)19-10-11-6-5-8-18-11/h5-6,8-9H,3-4,7,10H2,1-2H3,(H,15,16,17). The van der Waals surface area contributed by atoms with Crippen LogP contribution in [-0.4, -0.2) is 16.5 Å². The van der Waals surface area contributed by atoms with Gasteiger partial charge >= 0.3 is 0 Å². The molecule has 0 aliphatic carbocycles. The predicted octanol–water partition coefficient (Wildman–Crippen LogP) is 3.03. The molecule has 0 unspecified atom stereocenters. The van der Waals surface area contributed by atoms with Gasteiger partial charge in [0, 0.05) is 19.0 Å². The second kappa shape index (κ2) is 6.78. The summed E-state index contributed by atoms with van der Waals surface area (Å²) in [4.78, 5) is 8.75. The second-order valence-corrected chi connectivity index (χ2v) is 4.16. The Morgan fingerprint density at radius 3 is 2.89 bits per heavy atom. The Hall–Kier alpha value is -2.04. The smallest absolute Gasteiger partial charge is 0.219 e. The quantitative estimate of drug-likeness (QED) is 0.830. The number of hydrogen-bond donors (Lipinski definition) is 1. The third-order valence-corrected chi connectivity index (χ3v) is 2.56. The normalized spacial score (nSPS) is 10.4. The van der Waals surface area contributed by atoms with Crippen molar-refractivity contribution in [2.75, 3.05) is 11.9 Å². The van der Waals surface area contributed by atoms with E-state index in [9.17, 15) is 0 Å². The van der Waals surface area contributed by atoms with Gasteiger partial charge in [-0.15, -0.1) is 0 Å². The number of furan rings is 1. The van der Waals surface area contributed by atoms with Crippen LogP contribution in [0.5, 0.6) is 5.88 Å². The molecule has 0 amide bonds. The third kappa shape index (κ3) is 3.98. The van der Waals surface area contributed by atoms with Crippen molar-refractivity contribution in [3.8, 4) is 5.88 Å². The number of aromatic nitrogens is 2. The number of hydrogen-bond acceptors (Lipinski definition) is 5. The fourth-order valence-electron chi connectivity index (χ4n) is 1.59. The molecule has 19 heavy (non-hydrogen) atoms. The molecule has 2 aromatic rings. The van der Waals surface area contributed by atoms with Gasteiger partial charge in [0.25, 0.3) is 0 Å². The molecule has 5 heteroatoms. The first kappa shape index (κ1) is 13.4. The Balaban J connectivity index is 2.05. The molecular weight excluding hydrogens is 242 g/mol. The van der Waals surface area contributed by atoms with E-state index >= 15 is 0 Å². The van der Waals surface area contributed by atoms with Crippen LogP contribution in [0, 0.1) is 0 Å². The van der Waals surface area contributed by atoms with Crippen molar-refractivity contribution in [1.82, 2.24) is 9.97 Å². The highest BCUT2D eigenvalue weighted by molar-refractivity contribution is 5.38. The van der Waals surface area contributed by atoms with E-state index in [1.54, 1.807) is 6.26 Å². The minimum Gasteiger partial charge on any atom is -0.469 e. The molecule has 0 radical (unpaired) electrons. The number of ether oxygens (including phenoxy) is 1. The highest BCUT2D eigenvalue weighted by atomic mass is 16.5. The molecule has 0 aromatic carbocycles. The molecule has 0 fully saturated rings. The lowest BCUT2D eigenvalue weighted by Crippen LogP contribution is -2.06. The zero-order valence-electron chi connectivity index (χ0n) is 11.3. The van der Waals surface area contributed by atoms with Crippen LogP contribution in [0.4, 0.5) is 5.82 Å². The van der Waals surface area contributed by atoms with E-state index in [1.165, 1.54) is 0 Å². The maximum atomic E-state index is 5.63. The van der Waals surface area contributed by atoms with E-state index in [4.69, 9.17) is 9.15 Å². The van der Waals surface area contributed by atoms with E-state index in [1.807, 2.05) is 25.1 Å². The number of aryl methyl sites for hydroxylation is 1. The van der Waals surface area contributed by atoms with Gasteiger partial charge in [-0.2, -0.15) is 4.98 Å². The summed E-state index contributed by atoms with van der Waals surface area (Å²) in [5.41, 5.74) is 0. The second-order valence-electron chi connectivity index (χ2n) is 4.16. The fraction of sp³-hybridized carbons (Fsp3) is 0.429. The first-order valence-electron chi connectivity index (χ1n) is 6.58. The molecule has 2 rings (SSSR count). The molecule has 102 valence electrons. The van der Waals surface area contributed by atoms with Crippen molar-refractivity contribution in [2.45, 2.75) is 33.3 Å². The monoisotopic (exact) mass is 261 g/mol. The molecule has 0 aliphatic rings. The molecule has 0 bridgehead atoms. The lowest BCUT2D eigenvalue weighted by atomic mass is 10.4. The summed E-state index contributed by atoms with van der Waals surface area (Å²) in [6.45, 7) is 5.40. The fourth-order valence-corrected chi connectivity index (χ4v) is 1.59. The molecule has 2 aromatic heterocycles. The Bertz CT molecular complexity index is 497. The first-order chi connectivity index (χ1) is 9.31. The lowest BCUT2D eigenvalue weighted by molar-refractivity contribution is 0.259. The number of nitrogens with zero attached hydrogens (tertiary/aromatic N) is 2. The predicted molar refractivity (Wildman–Crippen MR) is 73.2 cm³/mol. The summed E-state index contributed by atoms with van der Waals surface area (Å²) in [5.74, 6) is 2.93. The van der Waals surface area contributed by atoms with Crippen LogP contribution < -0.4 is 10.1 Å². The summed E-state index contributed by atoms with van der Waals surface area (Å²) >= 11 is 0. The summed E-state index contributed by atoms with van der Waals surface area (Å²) in [5, 5.41) is 3.25. The van der Waals surface area contributed by atoms with Crippen molar-refractivity contribution < 1.29 is 9.15 Å². The van der Waals surface area contributed by atoms with E-state index in [0.717, 1.165) is 36.8 Å². The molecule has 0 atom stereocenters. The van der Waals surface area contributed by atoms with E-state index in [-0.39, 0.29) is 0 Å². The van der Waals surface area contributed by atoms with Gasteiger partial charge in [0.1, 0.15) is 24.0 Å². The molecule has 2 heterocycles. The van der Waals surface area contributed by atoms with Gasteiger partial charge in [-0.25, -0.2) is 4.98 Å². The molecule has 1 N–H and O–H groups in total. The van der Waals surface area contributed by atoms with Gasteiger partial charge in [-0.05, 0) is 18.6 Å². The van der Waals surface area contributed by atoms with E-state index in [0.29, 0.717) is 12.5 Å². The number of anilines is 1. The minimum atomic E-state index is 0.375. The molecule has 0 aliphatic heterocycles. The van der Waals surface area contributed by atoms with Gasteiger partial charge in [0.2, 0.25) is 5.88 Å². The van der Waals surface area contributed by atoms with Crippen molar-refractivity contribution >= 4 is 5.82 Å². The van der Waals surface area contributed by atoms with Crippen LogP contribution in [0.25, 0.3) is 0 Å². The average Bonchev–Trinajstić information content (AvgIpc) is 2.96. The molecular formula is C14H19N3O2. The molecule has 0 saturated carbocycles. The third-order valence-electron chi connectivity index (χ3n) is 2.56. The Morgan fingerprint density at radius 1 is 1.32 bits per heavy atom. The van der Waals surface area contributed by atoms with Gasteiger partial charge in [-0.1, -0.05) is 13.8 Å². The summed E-state index contributed by atoms with van der Waals surface area (Å²) in [6.07, 6.45) is 3.46. The minimum absolute atomic E-state index is 0.375. The van der Waals surface area contributed by atoms with Crippen LogP contribution in [0.15, 0.2) is 28.9 Å². The Labute approximate surface area is 113 Å². The van der Waals surface area contributed by atoms with Crippen LogP contribution in [0.3, 0.4) is 0 Å². The van der Waals surface area contributed by atoms with Crippen LogP contribution in [0.2, 0.25) is 0 Å². The van der Waals surface area contributed by atoms with Crippen LogP contribution in [-0.2, 0) is 13.0 Å². The summed E-state index contributed by atoms with van der Waals surface area (Å²) < 4.78 is 10.9. The maximum absolute atomic E-state index is 5.63. The van der Waals surface area contributed by atoms with Crippen molar-refractivity contribution in [1.29, 1.82) is 0 Å². The van der Waals surface area contributed by atoms with Crippen LogP contribution >= 0.6 is 0 Å². The van der Waals surface area contributed by atoms with Gasteiger partial charge in [0.05, 0.1) is 6.26 Å². The molecule has 0 spiro atoms. The summed E-state index contributed by atoms with van der Waals surface area (Å²) in [7, 11) is 0. The van der Waals surface area contributed by atoms with Crippen molar-refractivity contribution in [3.05, 3.63) is 36.0 Å². The average molecular weight is 261 g/mol. The largest absolute Gasteiger partial charge is 0.469 e. The van der Waals surface area contributed by atoms with Crippen molar-refractivity contribution in [2.24, 2.45) is 0 Å². The number of rotatable bonds is 7. The number of nitrogens with one attached hydrogen (secondary N) is 1. The molecule has 0 saturated heterocycles. The first-order valence-corrected chi connectivity index (χ1v) is 6.58. The van der Waals surface area contributed by atoms with E-state index in [2.05, 4.69) is 22.2 Å². The highest BCUT2D eigenvalue weighted by Crippen LogP contribution is 2.15. The Morgan fingerprint density at radius 2 is 2.21 bits per heavy atom. The highest BCUT2D eigenvalue weighted by Gasteiger charge is 2.05. The van der Waals surface area contributed by atoms with Gasteiger partial charge in [-0.3, -0.25) is 0 Å². The SMILES string of the molecule is CCCNc1cc(OCc2ccco2)nc(CC)n1. The lowest BCUT2D eigenvalue weighted by Gasteiger charge is -2.09. The van der Waals surface area contributed by atoms with Crippen molar-refractivity contribution in [3.63, 3.8) is 0 Å². The topological polar surface area (TPSA) is 60.2 Å².